The quantitative estimate of drug-likeness (QED) is 0.753. The summed E-state index contributed by atoms with van der Waals surface area (Å²) < 4.78 is 25.4. The van der Waals surface area contributed by atoms with Gasteiger partial charge in [0.15, 0.2) is 0 Å². The van der Waals surface area contributed by atoms with Crippen LogP contribution in [0.25, 0.3) is 10.8 Å². The van der Waals surface area contributed by atoms with Crippen LogP contribution in [0.15, 0.2) is 52.3 Å². The first kappa shape index (κ1) is 13.7. The highest BCUT2D eigenvalue weighted by molar-refractivity contribution is 7.90. The summed E-state index contributed by atoms with van der Waals surface area (Å²) in [5.41, 5.74) is -0.961. The second-order valence-corrected chi connectivity index (χ2v) is 6.57. The number of H-pyrrole nitrogens is 1. The molecule has 0 fully saturated rings. The normalized spacial score (nSPS) is 11.9. The van der Waals surface area contributed by atoms with Crippen molar-refractivity contribution in [2.24, 2.45) is 0 Å². The first-order chi connectivity index (χ1) is 9.89. The van der Waals surface area contributed by atoms with E-state index < -0.39 is 21.6 Å². The molecule has 6 nitrogen and oxygen atoms in total. The third-order valence-corrected chi connectivity index (χ3v) is 5.12. The first-order valence-electron chi connectivity index (χ1n) is 5.84. The maximum absolute atomic E-state index is 12.5. The largest absolute Gasteiger partial charge is 0.493 e. The van der Waals surface area contributed by atoms with Gasteiger partial charge in [-0.15, -0.1) is 0 Å². The summed E-state index contributed by atoms with van der Waals surface area (Å²) in [6, 6.07) is 10.0. The number of rotatable bonds is 2. The third kappa shape index (κ3) is 2.20. The molecule has 0 unspecified atom stereocenters. The molecule has 3 rings (SSSR count). The molecular weight excluding hydrogens is 316 g/mol. The van der Waals surface area contributed by atoms with Crippen LogP contribution >= 0.6 is 11.6 Å². The van der Waals surface area contributed by atoms with Gasteiger partial charge >= 0.3 is 5.69 Å². The highest BCUT2D eigenvalue weighted by atomic mass is 35.5. The maximum atomic E-state index is 12.5. The molecule has 2 aromatic carbocycles. The zero-order chi connectivity index (χ0) is 15.2. The lowest BCUT2D eigenvalue weighted by atomic mass is 10.1. The molecule has 0 atom stereocenters. The SMILES string of the molecule is O=c1[nH]c(O)cn1S(=O)(=O)c1cc2ccccc2cc1Cl. The van der Waals surface area contributed by atoms with Crippen molar-refractivity contribution < 1.29 is 13.5 Å². The molecule has 1 aromatic heterocycles. The molecule has 0 aliphatic heterocycles. The molecule has 2 N–H and O–H groups in total. The molecule has 1 heterocycles. The van der Waals surface area contributed by atoms with Gasteiger partial charge in [0.1, 0.15) is 4.90 Å². The van der Waals surface area contributed by atoms with Crippen LogP contribution in [-0.4, -0.2) is 22.5 Å². The van der Waals surface area contributed by atoms with Crippen molar-refractivity contribution in [3.63, 3.8) is 0 Å². The van der Waals surface area contributed by atoms with Gasteiger partial charge < -0.3 is 5.11 Å². The van der Waals surface area contributed by atoms with E-state index in [9.17, 15) is 18.3 Å². The molecule has 0 spiro atoms. The molecule has 8 heteroatoms. The number of aromatic amines is 1. The van der Waals surface area contributed by atoms with Crippen LogP contribution < -0.4 is 5.69 Å². The van der Waals surface area contributed by atoms with E-state index in [1.165, 1.54) is 12.1 Å². The fraction of sp³-hybridized carbons (Fsp3) is 0. The minimum absolute atomic E-state index is 0.00119. The van der Waals surface area contributed by atoms with Gasteiger partial charge in [0, 0.05) is 0 Å². The summed E-state index contributed by atoms with van der Waals surface area (Å²) in [4.78, 5) is 13.3. The van der Waals surface area contributed by atoms with Crippen molar-refractivity contribution >= 4 is 32.4 Å². The molecular formula is C13H9ClN2O4S. The van der Waals surface area contributed by atoms with E-state index in [2.05, 4.69) is 0 Å². The number of imidazole rings is 1. The van der Waals surface area contributed by atoms with E-state index in [4.69, 9.17) is 11.6 Å². The maximum Gasteiger partial charge on any atom is 0.342 e. The van der Waals surface area contributed by atoms with Crippen LogP contribution in [0.3, 0.4) is 0 Å². The van der Waals surface area contributed by atoms with Crippen LogP contribution in [-0.2, 0) is 10.0 Å². The van der Waals surface area contributed by atoms with Crippen molar-refractivity contribution in [1.82, 2.24) is 8.96 Å². The summed E-state index contributed by atoms with van der Waals surface area (Å²) >= 11 is 6.03. The number of nitrogens with one attached hydrogen (secondary N) is 1. The third-order valence-electron chi connectivity index (χ3n) is 3.01. The zero-order valence-electron chi connectivity index (χ0n) is 10.4. The molecule has 21 heavy (non-hydrogen) atoms. The second kappa shape index (κ2) is 4.64. The molecule has 0 aliphatic rings. The zero-order valence-corrected chi connectivity index (χ0v) is 12.0. The predicted molar refractivity (Wildman–Crippen MR) is 78.3 cm³/mol. The van der Waals surface area contributed by atoms with Crippen molar-refractivity contribution in [3.8, 4) is 5.88 Å². The van der Waals surface area contributed by atoms with Gasteiger partial charge in [-0.3, -0.25) is 4.98 Å². The Morgan fingerprint density at radius 3 is 2.33 bits per heavy atom. The average Bonchev–Trinajstić information content (AvgIpc) is 2.77. The summed E-state index contributed by atoms with van der Waals surface area (Å²) in [5.74, 6) is -0.541. The molecule has 0 bridgehead atoms. The number of hydrogen-bond acceptors (Lipinski definition) is 4. The van der Waals surface area contributed by atoms with E-state index in [1.807, 2.05) is 11.1 Å². The van der Waals surface area contributed by atoms with E-state index in [1.54, 1.807) is 18.2 Å². The van der Waals surface area contributed by atoms with Crippen LogP contribution in [0.4, 0.5) is 0 Å². The van der Waals surface area contributed by atoms with Gasteiger partial charge in [-0.2, -0.15) is 3.97 Å². The van der Waals surface area contributed by atoms with Crippen LogP contribution in [0, 0.1) is 0 Å². The Labute approximate surface area is 124 Å². The van der Waals surface area contributed by atoms with E-state index in [-0.39, 0.29) is 9.92 Å². The number of fused-ring (bicyclic) bond motifs is 1. The summed E-state index contributed by atoms with van der Waals surface area (Å²) in [6.07, 6.45) is 0.795. The van der Waals surface area contributed by atoms with Gasteiger partial charge in [0.05, 0.1) is 11.2 Å². The molecule has 0 radical (unpaired) electrons. The Bertz CT molecular complexity index is 1000. The lowest BCUT2D eigenvalue weighted by molar-refractivity contribution is 0.455. The van der Waals surface area contributed by atoms with Crippen LogP contribution in [0.2, 0.25) is 5.02 Å². The van der Waals surface area contributed by atoms with E-state index in [0.29, 0.717) is 9.36 Å². The molecule has 0 amide bonds. The molecule has 108 valence electrons. The monoisotopic (exact) mass is 324 g/mol. The van der Waals surface area contributed by atoms with Crippen molar-refractivity contribution in [1.29, 1.82) is 0 Å². The van der Waals surface area contributed by atoms with Crippen LogP contribution in [0.5, 0.6) is 5.88 Å². The lowest BCUT2D eigenvalue weighted by Gasteiger charge is -2.08. The highest BCUT2D eigenvalue weighted by Crippen LogP contribution is 2.28. The second-order valence-electron chi connectivity index (χ2n) is 4.38. The lowest BCUT2D eigenvalue weighted by Crippen LogP contribution is -2.24. The predicted octanol–water partition coefficient (Wildman–Crippen LogP) is 1.93. The average molecular weight is 325 g/mol. The number of aromatic nitrogens is 2. The van der Waals surface area contributed by atoms with Gasteiger partial charge in [-0.05, 0) is 22.9 Å². The number of halogens is 1. The van der Waals surface area contributed by atoms with E-state index >= 15 is 0 Å². The molecule has 0 saturated carbocycles. The summed E-state index contributed by atoms with van der Waals surface area (Å²) in [5, 5.41) is 10.7. The molecule has 3 aromatic rings. The van der Waals surface area contributed by atoms with E-state index in [0.717, 1.165) is 11.6 Å². The minimum atomic E-state index is -4.19. The molecule has 0 aliphatic carbocycles. The highest BCUT2D eigenvalue weighted by Gasteiger charge is 2.23. The first-order valence-corrected chi connectivity index (χ1v) is 7.66. The van der Waals surface area contributed by atoms with Crippen LogP contribution in [0.1, 0.15) is 0 Å². The Morgan fingerprint density at radius 2 is 1.76 bits per heavy atom. The van der Waals surface area contributed by atoms with Crippen molar-refractivity contribution in [2.75, 3.05) is 0 Å². The molecule has 0 saturated heterocycles. The minimum Gasteiger partial charge on any atom is -0.493 e. The number of aromatic hydroxyl groups is 1. The Hall–Kier alpha value is -2.25. The van der Waals surface area contributed by atoms with Gasteiger partial charge in [-0.1, -0.05) is 35.9 Å². The summed E-state index contributed by atoms with van der Waals surface area (Å²) in [6.45, 7) is 0. The van der Waals surface area contributed by atoms with Crippen molar-refractivity contribution in [2.45, 2.75) is 4.90 Å². The Kier molecular flexibility index (Phi) is 3.03. The fourth-order valence-corrected chi connectivity index (χ4v) is 3.80. The number of benzene rings is 2. The Morgan fingerprint density at radius 1 is 1.14 bits per heavy atom. The fourth-order valence-electron chi connectivity index (χ4n) is 2.04. The van der Waals surface area contributed by atoms with Gasteiger partial charge in [-0.25, -0.2) is 13.2 Å². The Balaban J connectivity index is 2.31. The van der Waals surface area contributed by atoms with Gasteiger partial charge in [0.25, 0.3) is 10.0 Å². The smallest absolute Gasteiger partial charge is 0.342 e. The number of hydrogen-bond donors (Lipinski definition) is 2. The van der Waals surface area contributed by atoms with Gasteiger partial charge in [0.2, 0.25) is 5.88 Å². The van der Waals surface area contributed by atoms with Crippen molar-refractivity contribution in [3.05, 3.63) is 58.1 Å². The summed E-state index contributed by atoms with van der Waals surface area (Å²) in [7, 11) is -4.19. The number of nitrogens with zero attached hydrogens (tertiary/aromatic N) is 1. The standard InChI is InChI=1S/C13H9ClN2O4S/c14-10-5-8-3-1-2-4-9(8)6-11(10)21(19,20)16-7-12(17)15-13(16)18/h1-7,17H,(H,15,18). The topological polar surface area (TPSA) is 92.2 Å².